The molecule has 2 bridgehead atoms. The van der Waals surface area contributed by atoms with Crippen molar-refractivity contribution in [2.75, 3.05) is 6.61 Å². The smallest absolute Gasteiger partial charge is 0.410 e. The minimum atomic E-state index is -0.196. The van der Waals surface area contributed by atoms with Crippen molar-refractivity contribution in [1.29, 1.82) is 0 Å². The maximum absolute atomic E-state index is 13.3. The molecule has 202 valence electrons. The number of nitrogens with zero attached hydrogens (tertiary/aromatic N) is 1. The molecule has 4 nitrogen and oxygen atoms in total. The van der Waals surface area contributed by atoms with E-state index in [1.807, 2.05) is 11.0 Å². The van der Waals surface area contributed by atoms with E-state index in [2.05, 4.69) is 55.1 Å². The molecule has 2 aliphatic heterocycles. The first-order valence-corrected chi connectivity index (χ1v) is 14.9. The van der Waals surface area contributed by atoms with Gasteiger partial charge in [0.1, 0.15) is 12.4 Å². The van der Waals surface area contributed by atoms with Crippen LogP contribution in [0.15, 0.2) is 61.2 Å². The summed E-state index contributed by atoms with van der Waals surface area (Å²) in [5, 5.41) is 0. The molecule has 38 heavy (non-hydrogen) atoms. The number of fused-ring (bicyclic) bond motifs is 5. The molecule has 0 saturated carbocycles. The van der Waals surface area contributed by atoms with Gasteiger partial charge in [-0.1, -0.05) is 86.7 Å². The van der Waals surface area contributed by atoms with Gasteiger partial charge in [0.25, 0.3) is 0 Å². The van der Waals surface area contributed by atoms with E-state index >= 15 is 0 Å². The highest BCUT2D eigenvalue weighted by Gasteiger charge is 2.45. The van der Waals surface area contributed by atoms with Gasteiger partial charge in [-0.3, -0.25) is 4.79 Å². The number of rotatable bonds is 13. The summed E-state index contributed by atoms with van der Waals surface area (Å²) in [4.78, 5) is 28.3. The summed E-state index contributed by atoms with van der Waals surface area (Å²) >= 11 is 0. The largest absolute Gasteiger partial charge is 0.448 e. The molecule has 2 heterocycles. The van der Waals surface area contributed by atoms with E-state index in [0.29, 0.717) is 18.8 Å². The maximum Gasteiger partial charge on any atom is 0.410 e. The molecule has 1 amide bonds. The zero-order chi connectivity index (χ0) is 26.3. The van der Waals surface area contributed by atoms with Gasteiger partial charge in [-0.25, -0.2) is 4.79 Å². The summed E-state index contributed by atoms with van der Waals surface area (Å²) in [7, 11) is 0. The number of allylic oxidation sites excluding steroid dienone is 1. The quantitative estimate of drug-likeness (QED) is 0.199. The van der Waals surface area contributed by atoms with E-state index in [-0.39, 0.29) is 30.0 Å². The van der Waals surface area contributed by atoms with Crippen molar-refractivity contribution in [2.45, 2.75) is 101 Å². The Morgan fingerprint density at radius 3 is 1.97 bits per heavy atom. The van der Waals surface area contributed by atoms with Crippen LogP contribution in [0, 0.1) is 5.92 Å². The number of amides is 1. The Labute approximate surface area is 228 Å². The highest BCUT2D eigenvalue weighted by atomic mass is 16.6. The summed E-state index contributed by atoms with van der Waals surface area (Å²) in [5.74, 6) is 0.611. The fourth-order valence-electron chi connectivity index (χ4n) is 7.08. The van der Waals surface area contributed by atoms with Crippen molar-refractivity contribution in [2.24, 2.45) is 5.92 Å². The number of carbonyl (C=O) groups is 2. The lowest BCUT2D eigenvalue weighted by Gasteiger charge is -2.37. The molecule has 0 aromatic heterocycles. The van der Waals surface area contributed by atoms with E-state index in [0.717, 1.165) is 44.9 Å². The lowest BCUT2D eigenvalue weighted by Crippen LogP contribution is -2.48. The van der Waals surface area contributed by atoms with E-state index in [1.165, 1.54) is 54.4 Å². The second-order valence-corrected chi connectivity index (χ2v) is 11.5. The third-order valence-corrected chi connectivity index (χ3v) is 9.07. The van der Waals surface area contributed by atoms with Gasteiger partial charge in [0.05, 0.1) is 0 Å². The Kier molecular flexibility index (Phi) is 8.98. The van der Waals surface area contributed by atoms with Crippen LogP contribution >= 0.6 is 0 Å². The van der Waals surface area contributed by atoms with Crippen LogP contribution in [0.1, 0.15) is 101 Å². The molecule has 2 unspecified atom stereocenters. The van der Waals surface area contributed by atoms with Gasteiger partial charge >= 0.3 is 6.09 Å². The topological polar surface area (TPSA) is 46.6 Å². The highest BCUT2D eigenvalue weighted by Crippen LogP contribution is 2.45. The normalized spacial score (nSPS) is 21.7. The van der Waals surface area contributed by atoms with E-state index in [1.54, 1.807) is 0 Å². The lowest BCUT2D eigenvalue weighted by molar-refractivity contribution is -0.125. The first-order chi connectivity index (χ1) is 18.7. The zero-order valence-electron chi connectivity index (χ0n) is 22.8. The highest BCUT2D eigenvalue weighted by molar-refractivity contribution is 5.82. The van der Waals surface area contributed by atoms with Gasteiger partial charge < -0.3 is 9.64 Å². The molecular weight excluding hydrogens is 470 g/mol. The van der Waals surface area contributed by atoms with Crippen molar-refractivity contribution in [3.63, 3.8) is 0 Å². The molecule has 4 heteroatoms. The predicted octanol–water partition coefficient (Wildman–Crippen LogP) is 8.44. The molecule has 2 fully saturated rings. The van der Waals surface area contributed by atoms with Crippen LogP contribution in [0.4, 0.5) is 4.79 Å². The van der Waals surface area contributed by atoms with Gasteiger partial charge in [0.15, 0.2) is 0 Å². The molecule has 2 atom stereocenters. The predicted molar refractivity (Wildman–Crippen MR) is 153 cm³/mol. The molecule has 2 aromatic carbocycles. The minimum Gasteiger partial charge on any atom is -0.448 e. The monoisotopic (exact) mass is 513 g/mol. The number of hydrogen-bond donors (Lipinski definition) is 0. The maximum atomic E-state index is 13.3. The Bertz CT molecular complexity index is 1060. The van der Waals surface area contributed by atoms with Crippen molar-refractivity contribution < 1.29 is 14.3 Å². The summed E-state index contributed by atoms with van der Waals surface area (Å²) in [6.45, 7) is 4.14. The summed E-state index contributed by atoms with van der Waals surface area (Å²) in [6, 6.07) is 17.2. The van der Waals surface area contributed by atoms with Crippen LogP contribution in [-0.2, 0) is 9.53 Å². The summed E-state index contributed by atoms with van der Waals surface area (Å²) in [5.41, 5.74) is 4.96. The molecule has 2 saturated heterocycles. The van der Waals surface area contributed by atoms with Crippen LogP contribution in [0.2, 0.25) is 0 Å². The Balaban J connectivity index is 1.07. The number of piperidine rings is 1. The SMILES string of the molecule is C=CCCCCCCCCCC(=O)C1CC2CCC(C1)N2C(=O)OCC1c2ccccc2-c2ccccc21. The molecule has 5 rings (SSSR count). The van der Waals surface area contributed by atoms with Crippen LogP contribution < -0.4 is 0 Å². The molecule has 0 spiro atoms. The molecular formula is C34H43NO3. The standard InChI is InChI=1S/C34H43NO3/c1-2-3-4-5-6-7-8-9-10-19-33(36)25-22-26-20-21-27(23-25)35(26)34(37)38-24-32-30-17-13-11-15-28(30)29-16-12-14-18-31(29)32/h2,11-18,25-27,32H,1,3-10,19-24H2. The number of carbonyl (C=O) groups excluding carboxylic acids is 2. The molecule has 0 N–H and O–H groups in total. The number of Topliss-reactive ketones (excluding diaryl/α,β-unsaturated/α-hetero) is 1. The van der Waals surface area contributed by atoms with Gasteiger partial charge in [-0.15, -0.1) is 6.58 Å². The fraction of sp³-hybridized carbons (Fsp3) is 0.529. The van der Waals surface area contributed by atoms with Gasteiger partial charge in [0, 0.05) is 30.3 Å². The number of unbranched alkanes of at least 4 members (excludes halogenated alkanes) is 7. The van der Waals surface area contributed by atoms with Gasteiger partial charge in [-0.2, -0.15) is 0 Å². The van der Waals surface area contributed by atoms with Crippen molar-refractivity contribution in [3.05, 3.63) is 72.3 Å². The number of ketones is 1. The van der Waals surface area contributed by atoms with Gasteiger partial charge in [0.2, 0.25) is 0 Å². The second-order valence-electron chi connectivity index (χ2n) is 11.5. The minimum absolute atomic E-state index is 0.0789. The Morgan fingerprint density at radius 1 is 0.816 bits per heavy atom. The van der Waals surface area contributed by atoms with Gasteiger partial charge in [-0.05, 0) is 67.2 Å². The molecule has 1 aliphatic carbocycles. The molecule has 2 aromatic rings. The molecule has 0 radical (unpaired) electrons. The summed E-state index contributed by atoms with van der Waals surface area (Å²) in [6.07, 6.45) is 15.7. The van der Waals surface area contributed by atoms with Crippen LogP contribution in [-0.4, -0.2) is 35.5 Å². The van der Waals surface area contributed by atoms with Crippen molar-refractivity contribution in [3.8, 4) is 11.1 Å². The van der Waals surface area contributed by atoms with Crippen LogP contribution in [0.5, 0.6) is 0 Å². The third kappa shape index (κ3) is 5.90. The lowest BCUT2D eigenvalue weighted by atomic mass is 9.85. The number of hydrogen-bond acceptors (Lipinski definition) is 3. The van der Waals surface area contributed by atoms with Crippen molar-refractivity contribution in [1.82, 2.24) is 4.90 Å². The Morgan fingerprint density at radius 2 is 1.37 bits per heavy atom. The van der Waals surface area contributed by atoms with Crippen LogP contribution in [0.3, 0.4) is 0 Å². The average Bonchev–Trinajstić information content (AvgIpc) is 3.41. The summed E-state index contributed by atoms with van der Waals surface area (Å²) < 4.78 is 5.99. The Hall–Kier alpha value is -2.88. The second kappa shape index (κ2) is 12.8. The third-order valence-electron chi connectivity index (χ3n) is 9.07. The first kappa shape index (κ1) is 26.7. The van der Waals surface area contributed by atoms with E-state index in [9.17, 15) is 9.59 Å². The number of benzene rings is 2. The zero-order valence-corrected chi connectivity index (χ0v) is 22.8. The first-order valence-electron chi connectivity index (χ1n) is 14.9. The number of ether oxygens (including phenoxy) is 1. The average molecular weight is 514 g/mol. The van der Waals surface area contributed by atoms with E-state index < -0.39 is 0 Å². The van der Waals surface area contributed by atoms with E-state index in [4.69, 9.17) is 4.74 Å². The molecule has 3 aliphatic rings. The fourth-order valence-corrected chi connectivity index (χ4v) is 7.08. The van der Waals surface area contributed by atoms with Crippen LogP contribution in [0.25, 0.3) is 11.1 Å². The van der Waals surface area contributed by atoms with Crippen molar-refractivity contribution >= 4 is 11.9 Å².